The second kappa shape index (κ2) is 34.4. The quantitative estimate of drug-likeness (QED) is 0.0154. The van der Waals surface area contributed by atoms with Crippen LogP contribution in [-0.4, -0.2) is 70.5 Å². The lowest BCUT2D eigenvalue weighted by Gasteiger charge is -2.28. The van der Waals surface area contributed by atoms with Gasteiger partial charge in [-0.1, -0.05) is 0 Å². The fraction of sp³-hybridized carbons (Fsp3) is 0.182. The fourth-order valence-corrected chi connectivity index (χ4v) is 9.05. The molecule has 0 saturated heterocycles. The van der Waals surface area contributed by atoms with Crippen LogP contribution in [0.4, 0.5) is 28.8 Å². The topological polar surface area (TPSA) is 460 Å². The fourth-order valence-electron chi connectivity index (χ4n) is 9.05. The summed E-state index contributed by atoms with van der Waals surface area (Å²) >= 11 is 0. The number of primary amides is 6. The Morgan fingerprint density at radius 1 is 0.240 bits per heavy atom. The third-order valence-electron chi connectivity index (χ3n) is 14.1. The van der Waals surface area contributed by atoms with Gasteiger partial charge in [0.25, 0.3) is 0 Å². The van der Waals surface area contributed by atoms with E-state index >= 15 is 0 Å². The van der Waals surface area contributed by atoms with E-state index in [1.807, 2.05) is 0 Å². The maximum absolute atomic E-state index is 11.5. The van der Waals surface area contributed by atoms with Crippen molar-refractivity contribution < 1.29 is 57.2 Å². The molecular formula is C66H72N18O12. The van der Waals surface area contributed by atoms with E-state index < -0.39 is 36.2 Å². The number of carbonyl (C=O) groups excluding carboxylic acids is 6. The van der Waals surface area contributed by atoms with Gasteiger partial charge in [-0.3, -0.25) is 0 Å². The molecule has 0 atom stereocenters. The first-order valence-corrected chi connectivity index (χ1v) is 29.1. The summed E-state index contributed by atoms with van der Waals surface area (Å²) in [5.41, 5.74) is 55.5. The first kappa shape index (κ1) is 70.4. The predicted octanol–water partition coefficient (Wildman–Crippen LogP) is 7.51. The van der Waals surface area contributed by atoms with Gasteiger partial charge in [0.15, 0.2) is 0 Å². The number of nitrogens with one attached hydrogen (secondary N) is 6. The summed E-state index contributed by atoms with van der Waals surface area (Å²) in [6.07, 6.45) is 0. The summed E-state index contributed by atoms with van der Waals surface area (Å²) in [5.74, 6) is 2.57. The third kappa shape index (κ3) is 21.6. The van der Waals surface area contributed by atoms with E-state index in [1.165, 1.54) is 0 Å². The summed E-state index contributed by atoms with van der Waals surface area (Å²) in [6.45, 7) is 9.41. The monoisotopic (exact) mass is 1310 g/mol. The third-order valence-corrected chi connectivity index (χ3v) is 14.1. The minimum atomic E-state index is -0.829. The van der Waals surface area contributed by atoms with Gasteiger partial charge in [0.1, 0.15) is 74.1 Å². The van der Waals surface area contributed by atoms with Crippen molar-refractivity contribution in [3.63, 3.8) is 0 Å². The van der Waals surface area contributed by atoms with Crippen LogP contribution in [0.25, 0.3) is 0 Å². The molecule has 7 aromatic rings. The van der Waals surface area contributed by atoms with Crippen LogP contribution in [0.2, 0.25) is 0 Å². The van der Waals surface area contributed by atoms with Crippen molar-refractivity contribution in [2.75, 3.05) is 0 Å². The van der Waals surface area contributed by atoms with E-state index in [-0.39, 0.29) is 39.6 Å². The van der Waals surface area contributed by atoms with Crippen LogP contribution in [0.5, 0.6) is 34.5 Å². The van der Waals surface area contributed by atoms with Gasteiger partial charge in [-0.15, -0.1) is 0 Å². The zero-order chi connectivity index (χ0) is 69.3. The number of urea groups is 6. The van der Waals surface area contributed by atoms with E-state index in [0.717, 1.165) is 0 Å². The molecule has 0 saturated carbocycles. The first-order chi connectivity index (χ1) is 46.0. The van der Waals surface area contributed by atoms with Crippen molar-refractivity contribution >= 4 is 70.5 Å². The normalized spacial score (nSPS) is 11.9. The minimum absolute atomic E-state index is 0.136. The Morgan fingerprint density at radius 3 is 0.458 bits per heavy atom. The lowest BCUT2D eigenvalue weighted by atomic mass is 9.87. The number of ether oxygens (including phenoxy) is 6. The average Bonchev–Trinajstić information content (AvgIpc) is 0.763. The molecule has 0 aliphatic carbocycles. The SMILES string of the molecule is C/C(=N\NC(N)=O)c1ccc(OCc2c(COc3ccc(/C(C)=N/NC(N)=O)cc3)c(COc3ccc(/C(C)=N/NC(N)=O)cc3)c(COc3ccc(/C(C)=N/NC(N)=O)cc3)c(COc3ccc(/C(C)=N/NC(N)=O)cc3)c2COc2ccc(/C(C)=N/NC(N)=O)cc2)cc1. The molecule has 0 spiro atoms. The van der Waals surface area contributed by atoms with Crippen molar-refractivity contribution in [3.05, 3.63) is 212 Å². The standard InChI is InChI=1S/C66H72N18O12/c1-37(73-79-61(67)85)43-7-19-49(20-8-43)91-31-55-56(32-92-50-21-9-44(10-22-50)38(2)74-80-62(68)86)58(34-94-52-25-13-46(14-26-52)40(4)76-82-64(70)88)60(36-96-54-29-17-48(18-30-54)42(6)78-84-66(72)90)59(35-95-53-27-15-47(16-28-53)41(5)77-83-65(71)89)57(55)33-93-51-23-11-45(12-24-51)39(3)75-81-63(69)87/h7-30H,31-36H2,1-6H3,(H3,67,79,85)(H3,68,80,86)(H3,69,81,87)(H3,70,82,88)(H3,71,83,89)(H3,72,84,90)/b73-37+,74-38+,75-39+,76-40+,77-41+,78-42+. The molecule has 30 nitrogen and oxygen atoms in total. The van der Waals surface area contributed by atoms with Crippen LogP contribution < -0.4 is 95.4 Å². The lowest BCUT2D eigenvalue weighted by molar-refractivity contribution is 0.248. The molecule has 7 aromatic carbocycles. The molecule has 0 unspecified atom stereocenters. The number of hydrogen-bond acceptors (Lipinski definition) is 18. The Kier molecular flexibility index (Phi) is 25.3. The highest BCUT2D eigenvalue weighted by Crippen LogP contribution is 2.36. The van der Waals surface area contributed by atoms with Crippen molar-refractivity contribution in [2.45, 2.75) is 81.2 Å². The molecule has 12 amide bonds. The minimum Gasteiger partial charge on any atom is -0.489 e. The van der Waals surface area contributed by atoms with Gasteiger partial charge in [0, 0.05) is 33.4 Å². The highest BCUT2D eigenvalue weighted by atomic mass is 16.5. The number of hydrazone groups is 6. The van der Waals surface area contributed by atoms with Crippen LogP contribution in [0.3, 0.4) is 0 Å². The molecule has 0 radical (unpaired) electrons. The van der Waals surface area contributed by atoms with Crippen molar-refractivity contribution in [1.29, 1.82) is 0 Å². The van der Waals surface area contributed by atoms with E-state index in [1.54, 1.807) is 187 Å². The van der Waals surface area contributed by atoms with Gasteiger partial charge in [0.05, 0.1) is 34.3 Å². The number of nitrogens with two attached hydrogens (primary N) is 6. The Bertz CT molecular complexity index is 3420. The summed E-state index contributed by atoms with van der Waals surface area (Å²) < 4.78 is 40.8. The van der Waals surface area contributed by atoms with Crippen LogP contribution in [0.15, 0.2) is 176 Å². The highest BCUT2D eigenvalue weighted by Gasteiger charge is 2.28. The van der Waals surface area contributed by atoms with Gasteiger partial charge in [-0.05, 0) is 221 Å². The molecule has 0 aromatic heterocycles. The first-order valence-electron chi connectivity index (χ1n) is 29.1. The molecule has 0 bridgehead atoms. The van der Waals surface area contributed by atoms with Crippen molar-refractivity contribution in [2.24, 2.45) is 65.0 Å². The van der Waals surface area contributed by atoms with E-state index in [9.17, 15) is 28.8 Å². The maximum Gasteiger partial charge on any atom is 0.332 e. The Labute approximate surface area is 551 Å². The second-order valence-corrected chi connectivity index (χ2v) is 20.8. The van der Waals surface area contributed by atoms with Gasteiger partial charge < -0.3 is 62.8 Å². The molecule has 0 heterocycles. The van der Waals surface area contributed by atoms with E-state index in [2.05, 4.69) is 63.2 Å². The number of benzene rings is 7. The maximum atomic E-state index is 11.5. The molecular weight excluding hydrogens is 1240 g/mol. The average molecular weight is 1310 g/mol. The highest BCUT2D eigenvalue weighted by molar-refractivity contribution is 6.02. The number of amides is 12. The zero-order valence-electron chi connectivity index (χ0n) is 53.1. The largest absolute Gasteiger partial charge is 0.489 e. The summed E-state index contributed by atoms with van der Waals surface area (Å²) in [7, 11) is 0. The molecule has 30 heteroatoms. The molecule has 18 N–H and O–H groups in total. The van der Waals surface area contributed by atoms with Crippen molar-refractivity contribution in [3.8, 4) is 34.5 Å². The lowest BCUT2D eigenvalue weighted by Crippen LogP contribution is -2.25. The molecule has 96 heavy (non-hydrogen) atoms. The van der Waals surface area contributed by atoms with Crippen LogP contribution >= 0.6 is 0 Å². The predicted molar refractivity (Wildman–Crippen MR) is 361 cm³/mol. The van der Waals surface area contributed by atoms with E-state index in [4.69, 9.17) is 62.8 Å². The zero-order valence-corrected chi connectivity index (χ0v) is 53.1. The molecule has 7 rings (SSSR count). The molecule has 0 fully saturated rings. The Balaban J connectivity index is 1.48. The second-order valence-electron chi connectivity index (χ2n) is 20.8. The van der Waals surface area contributed by atoms with Crippen molar-refractivity contribution in [1.82, 2.24) is 32.6 Å². The van der Waals surface area contributed by atoms with Crippen LogP contribution in [0, 0.1) is 0 Å². The summed E-state index contributed by atoms with van der Waals surface area (Å²) in [5, 5.41) is 24.4. The van der Waals surface area contributed by atoms with Crippen LogP contribution in [-0.2, 0) is 39.6 Å². The Hall–Kier alpha value is -13.0. The van der Waals surface area contributed by atoms with Gasteiger partial charge in [0.2, 0.25) is 0 Å². The molecule has 498 valence electrons. The molecule has 0 aliphatic heterocycles. The number of carbonyl (C=O) groups is 6. The van der Waals surface area contributed by atoms with Crippen LogP contribution in [0.1, 0.15) is 108 Å². The number of hydrogen-bond donors (Lipinski definition) is 12. The van der Waals surface area contributed by atoms with Gasteiger partial charge in [-0.2, -0.15) is 30.6 Å². The van der Waals surface area contributed by atoms with Gasteiger partial charge >= 0.3 is 36.2 Å². The Morgan fingerprint density at radius 2 is 0.354 bits per heavy atom. The number of rotatable bonds is 30. The summed E-state index contributed by atoms with van der Waals surface area (Å²) in [4.78, 5) is 69.2. The number of nitrogens with zero attached hydrogens (tertiary/aromatic N) is 6. The molecule has 0 aliphatic rings. The summed E-state index contributed by atoms with van der Waals surface area (Å²) in [6, 6.07) is 37.1. The van der Waals surface area contributed by atoms with Gasteiger partial charge in [-0.25, -0.2) is 61.3 Å². The van der Waals surface area contributed by atoms with E-state index in [0.29, 0.717) is 136 Å². The smallest absolute Gasteiger partial charge is 0.332 e.